The van der Waals surface area contributed by atoms with Crippen molar-refractivity contribution < 1.29 is 39.6 Å². The molecule has 0 aliphatic heterocycles. The molecule has 0 aliphatic rings. The van der Waals surface area contributed by atoms with E-state index in [2.05, 4.69) is 0 Å². The van der Waals surface area contributed by atoms with Crippen LogP contribution in [0.1, 0.15) is 12.8 Å². The molecule has 0 saturated heterocycles. The van der Waals surface area contributed by atoms with E-state index in [-0.39, 0.29) is 109 Å². The van der Waals surface area contributed by atoms with Crippen LogP contribution < -0.4 is 11.5 Å². The van der Waals surface area contributed by atoms with Gasteiger partial charge in [0.1, 0.15) is 12.1 Å². The van der Waals surface area contributed by atoms with Gasteiger partial charge in [-0.2, -0.15) is 0 Å². The maximum absolute atomic E-state index is 10.6. The minimum atomic E-state index is -1.66. The van der Waals surface area contributed by atoms with E-state index in [0.29, 0.717) is 0 Å². The topological polar surface area (TPSA) is 196 Å². The summed E-state index contributed by atoms with van der Waals surface area (Å²) in [6.45, 7) is 0. The molecule has 0 fully saturated rings. The molecule has 0 aromatic heterocycles. The molecule has 108 valence electrons. The van der Waals surface area contributed by atoms with Gasteiger partial charge in [0.15, 0.2) is 0 Å². The molecule has 2 atom stereocenters. The van der Waals surface area contributed by atoms with E-state index < -0.39 is 48.8 Å². The molecule has 0 heterocycles. The van der Waals surface area contributed by atoms with Crippen molar-refractivity contribution in [3.63, 3.8) is 0 Å². The third-order valence-corrected chi connectivity index (χ3v) is 1.76. The normalized spacial score (nSPS) is 11.6. The van der Waals surface area contributed by atoms with E-state index >= 15 is 0 Å². The summed E-state index contributed by atoms with van der Waals surface area (Å²) in [6.07, 6.45) is -1.70. The number of carbonyl (C=O) groups is 4. The van der Waals surface area contributed by atoms with Crippen molar-refractivity contribution in [2.75, 3.05) is 0 Å². The first-order valence-corrected chi connectivity index (χ1v) is 4.39. The van der Waals surface area contributed by atoms with E-state index in [1.807, 2.05) is 5.32 Å². The Balaban J connectivity index is -0.000000427. The Bertz CT molecular complexity index is 319. The fraction of sp³-hybridized carbons (Fsp3) is 0.500. The number of carboxylic acid groups (broad SMARTS) is 4. The Morgan fingerprint density at radius 2 is 1.00 bits per heavy atom. The average Bonchev–Trinajstić information content (AvgIpc) is 2.13. The van der Waals surface area contributed by atoms with Gasteiger partial charge >= 0.3 is 127 Å². The van der Waals surface area contributed by atoms with Gasteiger partial charge in [0.05, 0.1) is 12.8 Å². The summed E-state index contributed by atoms with van der Waals surface area (Å²) in [7, 11) is 0. The Hall–Kier alpha value is 1.07. The first-order valence-electron chi connectivity index (χ1n) is 4.39. The molecule has 0 radical (unpaired) electrons. The number of aliphatic carboxylic acids is 4. The molecule has 20 heavy (non-hydrogen) atoms. The number of hydrogen-bond donors (Lipinski definition) is 6. The van der Waals surface area contributed by atoms with Gasteiger partial charge in [0.25, 0.3) is 0 Å². The molecule has 0 rings (SSSR count). The Morgan fingerprint density at radius 3 is 1.15 bits per heavy atom. The van der Waals surface area contributed by atoms with Gasteiger partial charge in [-0.1, -0.05) is 0 Å². The third-order valence-electron chi connectivity index (χ3n) is 1.76. The standard InChI is InChI=1S/C8H11NO8.2K.H3N.2H/c10-5(11)1-3(7(14)15)9-4(8(16)17)2-6(12)13;;;;;/h3-4,9H,1-2H2,(H,10,11)(H,12,13)(H,14,15)(H,16,17);;;1H3;;/t3-,4?;;;;;/m0...../s1. The Morgan fingerprint density at radius 1 is 0.750 bits per heavy atom. The van der Waals surface area contributed by atoms with Crippen molar-refractivity contribution in [3.05, 3.63) is 0 Å². The molecule has 8 N–H and O–H groups in total. The molecule has 0 spiro atoms. The van der Waals surface area contributed by atoms with Crippen LogP contribution in [0.25, 0.3) is 0 Å². The van der Waals surface area contributed by atoms with Gasteiger partial charge < -0.3 is 26.6 Å². The first kappa shape index (κ1) is 29.1. The van der Waals surface area contributed by atoms with Gasteiger partial charge in [-0.05, 0) is 0 Å². The SMILES string of the molecule is N.O=C(O)CC(N[C@@H](CC(=O)O)C(=O)O)C(=O)O.[KH].[KH]. The fourth-order valence-corrected chi connectivity index (χ4v) is 1.03. The summed E-state index contributed by atoms with van der Waals surface area (Å²) in [5.41, 5.74) is 0. The molecule has 0 aromatic carbocycles. The molecule has 0 amide bonds. The quantitative estimate of drug-likeness (QED) is 0.251. The Kier molecular flexibility index (Phi) is 21.8. The zero-order chi connectivity index (χ0) is 13.6. The zero-order valence-electron chi connectivity index (χ0n) is 9.20. The molecule has 0 aliphatic carbocycles. The van der Waals surface area contributed by atoms with Crippen LogP contribution in [0.3, 0.4) is 0 Å². The van der Waals surface area contributed by atoms with Gasteiger partial charge in [-0.3, -0.25) is 24.5 Å². The number of carboxylic acids is 4. The summed E-state index contributed by atoms with van der Waals surface area (Å²) < 4.78 is 0. The molecule has 12 heteroatoms. The Labute approximate surface area is 199 Å². The van der Waals surface area contributed by atoms with Crippen LogP contribution in [-0.2, 0) is 19.2 Å². The van der Waals surface area contributed by atoms with Crippen molar-refractivity contribution in [1.82, 2.24) is 11.5 Å². The monoisotopic (exact) mass is 346 g/mol. The van der Waals surface area contributed by atoms with Crippen molar-refractivity contribution in [2.45, 2.75) is 24.9 Å². The summed E-state index contributed by atoms with van der Waals surface area (Å²) in [5, 5.41) is 36.0. The van der Waals surface area contributed by atoms with Gasteiger partial charge in [-0.25, -0.2) is 0 Å². The van der Waals surface area contributed by atoms with Crippen LogP contribution in [-0.4, -0.2) is 159 Å². The zero-order valence-corrected chi connectivity index (χ0v) is 9.20. The number of hydrogen-bond acceptors (Lipinski definition) is 6. The number of rotatable bonds is 8. The molecule has 1 unspecified atom stereocenters. The summed E-state index contributed by atoms with van der Waals surface area (Å²) >= 11 is 0. The van der Waals surface area contributed by atoms with Crippen LogP contribution in [0.2, 0.25) is 0 Å². The fourth-order valence-electron chi connectivity index (χ4n) is 1.03. The summed E-state index contributed by atoms with van der Waals surface area (Å²) in [5.74, 6) is -6.01. The van der Waals surface area contributed by atoms with Crippen LogP contribution in [0.5, 0.6) is 0 Å². The van der Waals surface area contributed by atoms with Crippen LogP contribution >= 0.6 is 0 Å². The molecule has 0 aromatic rings. The molecule has 0 saturated carbocycles. The number of nitrogens with one attached hydrogen (secondary N) is 1. The van der Waals surface area contributed by atoms with E-state index in [4.69, 9.17) is 20.4 Å². The van der Waals surface area contributed by atoms with E-state index in [9.17, 15) is 19.2 Å². The van der Waals surface area contributed by atoms with E-state index in [1.54, 1.807) is 0 Å². The summed E-state index contributed by atoms with van der Waals surface area (Å²) in [4.78, 5) is 41.9. The first-order chi connectivity index (χ1) is 7.73. The third kappa shape index (κ3) is 14.0. The van der Waals surface area contributed by atoms with E-state index in [1.165, 1.54) is 0 Å². The molecular weight excluding hydrogens is 330 g/mol. The second-order valence-electron chi connectivity index (χ2n) is 3.14. The summed E-state index contributed by atoms with van der Waals surface area (Å²) in [6, 6.07) is -3.32. The van der Waals surface area contributed by atoms with Gasteiger partial charge in [0, 0.05) is 0 Å². The van der Waals surface area contributed by atoms with Crippen molar-refractivity contribution >= 4 is 127 Å². The van der Waals surface area contributed by atoms with Crippen molar-refractivity contribution in [3.8, 4) is 0 Å². The van der Waals surface area contributed by atoms with Crippen molar-refractivity contribution in [1.29, 1.82) is 0 Å². The molecular formula is C8H16K2N2O8. The predicted molar refractivity (Wildman–Crippen MR) is 69.8 cm³/mol. The maximum atomic E-state index is 10.6. The second-order valence-corrected chi connectivity index (χ2v) is 3.14. The predicted octanol–water partition coefficient (Wildman–Crippen LogP) is -2.70. The van der Waals surface area contributed by atoms with Crippen molar-refractivity contribution in [2.24, 2.45) is 0 Å². The molecule has 10 nitrogen and oxygen atoms in total. The second kappa shape index (κ2) is 15.0. The molecule has 0 bridgehead atoms. The van der Waals surface area contributed by atoms with Crippen LogP contribution in [0.4, 0.5) is 0 Å². The van der Waals surface area contributed by atoms with E-state index in [0.717, 1.165) is 0 Å². The van der Waals surface area contributed by atoms with Crippen LogP contribution in [0, 0.1) is 0 Å². The van der Waals surface area contributed by atoms with Gasteiger partial charge in [-0.15, -0.1) is 0 Å². The minimum absolute atomic E-state index is 0. The van der Waals surface area contributed by atoms with Crippen LogP contribution in [0.15, 0.2) is 0 Å². The van der Waals surface area contributed by atoms with Gasteiger partial charge in [0.2, 0.25) is 0 Å². The average molecular weight is 346 g/mol.